The quantitative estimate of drug-likeness (QED) is 0.610. The summed E-state index contributed by atoms with van der Waals surface area (Å²) in [5.74, 6) is 1.32. The normalized spacial score (nSPS) is 13.5. The Hall–Kier alpha value is -3.03. The first-order valence-electron chi connectivity index (χ1n) is 10.1. The third-order valence-corrected chi connectivity index (χ3v) is 5.64. The molecule has 0 radical (unpaired) electrons. The third-order valence-electron chi connectivity index (χ3n) is 5.41. The summed E-state index contributed by atoms with van der Waals surface area (Å²) in [5.41, 5.74) is 3.70. The van der Waals surface area contributed by atoms with Crippen molar-refractivity contribution in [3.8, 4) is 17.2 Å². The van der Waals surface area contributed by atoms with Crippen LogP contribution in [0.25, 0.3) is 5.69 Å². The van der Waals surface area contributed by atoms with Crippen LogP contribution in [0.2, 0.25) is 5.02 Å². The Bertz CT molecular complexity index is 1080. The molecule has 7 nitrogen and oxygen atoms in total. The molecule has 0 spiro atoms. The van der Waals surface area contributed by atoms with E-state index in [1.807, 2.05) is 18.2 Å². The number of fused-ring (bicyclic) bond motifs is 1. The van der Waals surface area contributed by atoms with Crippen LogP contribution in [0.5, 0.6) is 11.5 Å². The van der Waals surface area contributed by atoms with E-state index >= 15 is 0 Å². The van der Waals surface area contributed by atoms with Crippen LogP contribution >= 0.6 is 11.6 Å². The van der Waals surface area contributed by atoms with Gasteiger partial charge in [-0.25, -0.2) is 4.68 Å². The monoisotopic (exact) mass is 440 g/mol. The summed E-state index contributed by atoms with van der Waals surface area (Å²) >= 11 is 6.03. The number of methoxy groups -OCH3 is 2. The van der Waals surface area contributed by atoms with Crippen molar-refractivity contribution >= 4 is 17.5 Å². The number of aromatic nitrogens is 2. The van der Waals surface area contributed by atoms with E-state index in [1.165, 1.54) is 11.1 Å². The zero-order valence-electron chi connectivity index (χ0n) is 17.6. The second-order valence-electron chi connectivity index (χ2n) is 7.38. The molecule has 0 fully saturated rings. The average molecular weight is 441 g/mol. The van der Waals surface area contributed by atoms with E-state index < -0.39 is 0 Å². The highest BCUT2D eigenvalue weighted by Crippen LogP contribution is 2.33. The number of carbonyl (C=O) groups is 1. The molecule has 1 aliphatic heterocycles. The average Bonchev–Trinajstić information content (AvgIpc) is 3.28. The maximum Gasteiger partial charge on any atom is 0.271 e. The summed E-state index contributed by atoms with van der Waals surface area (Å²) < 4.78 is 12.5. The lowest BCUT2D eigenvalue weighted by Crippen LogP contribution is -2.38. The molecule has 0 aliphatic carbocycles. The molecule has 0 saturated carbocycles. The largest absolute Gasteiger partial charge is 0.493 e. The topological polar surface area (TPSA) is 68.6 Å². The maximum absolute atomic E-state index is 12.5. The van der Waals surface area contributed by atoms with Crippen LogP contribution in [0.15, 0.2) is 48.7 Å². The van der Waals surface area contributed by atoms with E-state index in [0.717, 1.165) is 43.2 Å². The minimum absolute atomic E-state index is 0.190. The summed E-state index contributed by atoms with van der Waals surface area (Å²) in [7, 11) is 3.30. The lowest BCUT2D eigenvalue weighted by Gasteiger charge is -2.29. The van der Waals surface area contributed by atoms with Crippen LogP contribution in [0, 0.1) is 0 Å². The van der Waals surface area contributed by atoms with Crippen LogP contribution in [0.4, 0.5) is 0 Å². The van der Waals surface area contributed by atoms with Crippen LogP contribution in [-0.2, 0) is 13.0 Å². The van der Waals surface area contributed by atoms with E-state index in [9.17, 15) is 4.79 Å². The van der Waals surface area contributed by atoms with Gasteiger partial charge in [0, 0.05) is 37.4 Å². The van der Waals surface area contributed by atoms with Crippen LogP contribution < -0.4 is 14.8 Å². The van der Waals surface area contributed by atoms with E-state index in [0.29, 0.717) is 17.3 Å². The molecule has 31 heavy (non-hydrogen) atoms. The van der Waals surface area contributed by atoms with Crippen molar-refractivity contribution in [1.82, 2.24) is 20.0 Å². The Morgan fingerprint density at radius 1 is 1.13 bits per heavy atom. The van der Waals surface area contributed by atoms with Crippen molar-refractivity contribution in [3.05, 3.63) is 70.5 Å². The van der Waals surface area contributed by atoms with Gasteiger partial charge in [-0.1, -0.05) is 17.7 Å². The van der Waals surface area contributed by atoms with Crippen molar-refractivity contribution in [2.45, 2.75) is 13.0 Å². The van der Waals surface area contributed by atoms with Gasteiger partial charge in [0.05, 0.1) is 19.9 Å². The number of carbonyl (C=O) groups excluding carboxylic acids is 1. The molecule has 0 unspecified atom stereocenters. The van der Waals surface area contributed by atoms with E-state index in [2.05, 4.69) is 21.4 Å². The standard InChI is InChI=1S/C23H25ClN4O3/c1-30-21-12-16-6-9-27(15-17(16)13-22(21)31-2)11-8-25-23(29)20-7-10-28(26-20)19-5-3-4-18(24)14-19/h3-5,7,10,12-14H,6,8-9,11,15H2,1-2H3,(H,25,29). The SMILES string of the molecule is COc1cc2c(cc1OC)CN(CCNC(=O)c1ccn(-c3cccc(Cl)c3)n1)CC2. The first-order chi connectivity index (χ1) is 15.1. The Morgan fingerprint density at radius 3 is 2.65 bits per heavy atom. The van der Waals surface area contributed by atoms with Crippen molar-refractivity contribution in [2.24, 2.45) is 0 Å². The van der Waals surface area contributed by atoms with Gasteiger partial charge in [0.2, 0.25) is 0 Å². The molecule has 4 rings (SSSR count). The van der Waals surface area contributed by atoms with Gasteiger partial charge in [0.25, 0.3) is 5.91 Å². The number of halogens is 1. The molecule has 2 heterocycles. The summed E-state index contributed by atoms with van der Waals surface area (Å²) in [5, 5.41) is 7.94. The molecular formula is C23H25ClN4O3. The number of hydrogen-bond donors (Lipinski definition) is 1. The van der Waals surface area contributed by atoms with Gasteiger partial charge in [-0.05, 0) is 53.9 Å². The predicted octanol–water partition coefficient (Wildman–Crippen LogP) is 3.33. The Balaban J connectivity index is 1.32. The zero-order chi connectivity index (χ0) is 21.8. The van der Waals surface area contributed by atoms with Crippen molar-refractivity contribution in [2.75, 3.05) is 33.9 Å². The molecule has 1 N–H and O–H groups in total. The number of rotatable bonds is 7. The fourth-order valence-corrected chi connectivity index (χ4v) is 3.94. The molecular weight excluding hydrogens is 416 g/mol. The smallest absolute Gasteiger partial charge is 0.271 e. The van der Waals surface area contributed by atoms with Crippen LogP contribution in [-0.4, -0.2) is 54.4 Å². The van der Waals surface area contributed by atoms with Gasteiger partial charge in [0.15, 0.2) is 17.2 Å². The Morgan fingerprint density at radius 2 is 1.90 bits per heavy atom. The van der Waals surface area contributed by atoms with Gasteiger partial charge in [-0.15, -0.1) is 0 Å². The van der Waals surface area contributed by atoms with Gasteiger partial charge in [-0.2, -0.15) is 5.10 Å². The number of amides is 1. The summed E-state index contributed by atoms with van der Waals surface area (Å²) in [6.45, 7) is 3.05. The number of benzene rings is 2. The first kappa shape index (κ1) is 21.2. The lowest BCUT2D eigenvalue weighted by atomic mass is 9.99. The molecule has 1 aliphatic rings. The number of nitrogens with zero attached hydrogens (tertiary/aromatic N) is 3. The third kappa shape index (κ3) is 4.84. The molecule has 0 saturated heterocycles. The Kier molecular flexibility index (Phi) is 6.44. The van der Waals surface area contributed by atoms with E-state index in [1.54, 1.807) is 43.3 Å². The molecule has 0 bridgehead atoms. The molecule has 8 heteroatoms. The minimum Gasteiger partial charge on any atom is -0.493 e. The van der Waals surface area contributed by atoms with Gasteiger partial charge in [0.1, 0.15) is 0 Å². The number of ether oxygens (including phenoxy) is 2. The van der Waals surface area contributed by atoms with Crippen molar-refractivity contribution < 1.29 is 14.3 Å². The molecule has 0 atom stereocenters. The fourth-order valence-electron chi connectivity index (χ4n) is 3.76. The predicted molar refractivity (Wildman–Crippen MR) is 119 cm³/mol. The van der Waals surface area contributed by atoms with Crippen molar-refractivity contribution in [1.29, 1.82) is 0 Å². The van der Waals surface area contributed by atoms with Crippen LogP contribution in [0.1, 0.15) is 21.6 Å². The van der Waals surface area contributed by atoms with Crippen LogP contribution in [0.3, 0.4) is 0 Å². The zero-order valence-corrected chi connectivity index (χ0v) is 18.4. The number of nitrogens with one attached hydrogen (secondary N) is 1. The highest BCUT2D eigenvalue weighted by atomic mass is 35.5. The molecule has 2 aromatic carbocycles. The molecule has 3 aromatic rings. The second kappa shape index (κ2) is 9.41. The maximum atomic E-state index is 12.5. The fraction of sp³-hybridized carbons (Fsp3) is 0.304. The highest BCUT2D eigenvalue weighted by molar-refractivity contribution is 6.30. The number of hydrogen-bond acceptors (Lipinski definition) is 5. The summed E-state index contributed by atoms with van der Waals surface area (Å²) in [6.07, 6.45) is 2.69. The van der Waals surface area contributed by atoms with E-state index in [4.69, 9.17) is 21.1 Å². The van der Waals surface area contributed by atoms with Gasteiger partial charge in [-0.3, -0.25) is 9.69 Å². The minimum atomic E-state index is -0.190. The Labute approximate surface area is 186 Å². The van der Waals surface area contributed by atoms with Gasteiger partial charge < -0.3 is 14.8 Å². The summed E-state index contributed by atoms with van der Waals surface area (Å²) in [6, 6.07) is 13.1. The molecule has 1 amide bonds. The van der Waals surface area contributed by atoms with Gasteiger partial charge >= 0.3 is 0 Å². The molecule has 162 valence electrons. The summed E-state index contributed by atoms with van der Waals surface area (Å²) in [4.78, 5) is 14.8. The second-order valence-corrected chi connectivity index (χ2v) is 7.82. The van der Waals surface area contributed by atoms with E-state index in [-0.39, 0.29) is 5.91 Å². The lowest BCUT2D eigenvalue weighted by molar-refractivity contribution is 0.0942. The molecule has 1 aromatic heterocycles. The van der Waals surface area contributed by atoms with Crippen molar-refractivity contribution in [3.63, 3.8) is 0 Å². The first-order valence-corrected chi connectivity index (χ1v) is 10.5. The highest BCUT2D eigenvalue weighted by Gasteiger charge is 2.19.